The number of carbonyl (C=O) groups is 2. The molecule has 134 valence electrons. The Bertz CT molecular complexity index is 530. The number of ether oxygens (including phenoxy) is 1. The Morgan fingerprint density at radius 1 is 1.21 bits per heavy atom. The van der Waals surface area contributed by atoms with E-state index in [-0.39, 0.29) is 12.3 Å². The molecule has 0 aliphatic rings. The molecule has 6 heteroatoms. The molecule has 2 unspecified atom stereocenters. The van der Waals surface area contributed by atoms with Crippen LogP contribution in [0.25, 0.3) is 0 Å². The first-order valence-electron chi connectivity index (χ1n) is 8.11. The standard InChI is InChI=1S/C18H27NO4S/c1-12(2)9-10-23-13(3)18(22)19-16(11-17(20)21)14-5-7-15(24-4)8-6-14/h5-8,12-13,16H,9-11H2,1-4H3,(H,19,22)(H,20,21). The third-order valence-corrected chi connectivity index (χ3v) is 4.39. The van der Waals surface area contributed by atoms with E-state index in [4.69, 9.17) is 9.84 Å². The van der Waals surface area contributed by atoms with Crippen molar-refractivity contribution in [2.24, 2.45) is 5.92 Å². The number of rotatable bonds is 10. The summed E-state index contributed by atoms with van der Waals surface area (Å²) in [6, 6.07) is 6.98. The summed E-state index contributed by atoms with van der Waals surface area (Å²) < 4.78 is 5.53. The van der Waals surface area contributed by atoms with Crippen molar-refractivity contribution in [3.05, 3.63) is 29.8 Å². The van der Waals surface area contributed by atoms with Gasteiger partial charge in [0, 0.05) is 11.5 Å². The lowest BCUT2D eigenvalue weighted by atomic mass is 10.0. The van der Waals surface area contributed by atoms with Crippen molar-refractivity contribution in [3.63, 3.8) is 0 Å². The normalized spacial score (nSPS) is 13.5. The lowest BCUT2D eigenvalue weighted by molar-refractivity contribution is -0.138. The number of carboxylic acid groups (broad SMARTS) is 1. The summed E-state index contributed by atoms with van der Waals surface area (Å²) in [6.45, 7) is 6.38. The average Bonchev–Trinajstić information content (AvgIpc) is 2.53. The first kappa shape index (κ1) is 20.5. The Morgan fingerprint density at radius 3 is 2.33 bits per heavy atom. The van der Waals surface area contributed by atoms with Gasteiger partial charge in [0.15, 0.2) is 0 Å². The number of hydrogen-bond acceptors (Lipinski definition) is 4. The zero-order valence-corrected chi connectivity index (χ0v) is 15.6. The van der Waals surface area contributed by atoms with Crippen LogP contribution in [0, 0.1) is 5.92 Å². The van der Waals surface area contributed by atoms with E-state index < -0.39 is 18.1 Å². The second-order valence-electron chi connectivity index (χ2n) is 6.13. The summed E-state index contributed by atoms with van der Waals surface area (Å²) in [5.41, 5.74) is 0.776. The number of nitrogens with one attached hydrogen (secondary N) is 1. The molecule has 1 aromatic carbocycles. The predicted octanol–water partition coefficient (Wildman–Crippen LogP) is 3.49. The van der Waals surface area contributed by atoms with Gasteiger partial charge in [0.1, 0.15) is 6.10 Å². The van der Waals surface area contributed by atoms with Crippen molar-refractivity contribution in [2.45, 2.75) is 50.7 Å². The maximum Gasteiger partial charge on any atom is 0.305 e. The van der Waals surface area contributed by atoms with Crippen molar-refractivity contribution >= 4 is 23.6 Å². The van der Waals surface area contributed by atoms with Crippen LogP contribution in [0.4, 0.5) is 0 Å². The number of carboxylic acids is 1. The summed E-state index contributed by atoms with van der Waals surface area (Å²) >= 11 is 1.61. The summed E-state index contributed by atoms with van der Waals surface area (Å²) in [4.78, 5) is 24.5. The maximum absolute atomic E-state index is 12.3. The van der Waals surface area contributed by atoms with Gasteiger partial charge in [-0.15, -0.1) is 11.8 Å². The van der Waals surface area contributed by atoms with Gasteiger partial charge in [0.2, 0.25) is 5.91 Å². The molecule has 1 rings (SSSR count). The van der Waals surface area contributed by atoms with Gasteiger partial charge >= 0.3 is 5.97 Å². The number of benzene rings is 1. The highest BCUT2D eigenvalue weighted by atomic mass is 32.2. The fraction of sp³-hybridized carbons (Fsp3) is 0.556. The molecule has 0 fully saturated rings. The van der Waals surface area contributed by atoms with E-state index in [1.807, 2.05) is 30.5 Å². The molecule has 5 nitrogen and oxygen atoms in total. The van der Waals surface area contributed by atoms with Gasteiger partial charge in [-0.05, 0) is 43.2 Å². The fourth-order valence-corrected chi connectivity index (χ4v) is 2.52. The topological polar surface area (TPSA) is 75.6 Å². The fourth-order valence-electron chi connectivity index (χ4n) is 2.11. The first-order valence-corrected chi connectivity index (χ1v) is 9.33. The number of hydrogen-bond donors (Lipinski definition) is 2. The van der Waals surface area contributed by atoms with Crippen LogP contribution in [0.1, 0.15) is 45.2 Å². The number of amides is 1. The van der Waals surface area contributed by atoms with Gasteiger partial charge in [0.25, 0.3) is 0 Å². The predicted molar refractivity (Wildman–Crippen MR) is 96.2 cm³/mol. The van der Waals surface area contributed by atoms with Gasteiger partial charge in [-0.3, -0.25) is 9.59 Å². The highest BCUT2D eigenvalue weighted by Gasteiger charge is 2.21. The summed E-state index contributed by atoms with van der Waals surface area (Å²) in [5.74, 6) is -0.739. The SMILES string of the molecule is CSc1ccc(C(CC(=O)O)NC(=O)C(C)OCCC(C)C)cc1. The zero-order valence-electron chi connectivity index (χ0n) is 14.7. The Kier molecular flexibility index (Phi) is 8.85. The minimum atomic E-state index is -0.956. The third-order valence-electron chi connectivity index (χ3n) is 3.65. The van der Waals surface area contributed by atoms with Gasteiger partial charge in [-0.1, -0.05) is 26.0 Å². The lowest BCUT2D eigenvalue weighted by Crippen LogP contribution is -2.38. The number of aliphatic carboxylic acids is 1. The van der Waals surface area contributed by atoms with E-state index in [0.717, 1.165) is 16.9 Å². The molecular formula is C18H27NO4S. The summed E-state index contributed by atoms with van der Waals surface area (Å²) in [7, 11) is 0. The highest BCUT2D eigenvalue weighted by Crippen LogP contribution is 2.21. The molecule has 1 amide bonds. The van der Waals surface area contributed by atoms with Crippen molar-refractivity contribution in [2.75, 3.05) is 12.9 Å². The Labute approximate surface area is 148 Å². The summed E-state index contributed by atoms with van der Waals surface area (Å²) in [5, 5.41) is 11.9. The number of carbonyl (C=O) groups excluding carboxylic acids is 1. The molecule has 24 heavy (non-hydrogen) atoms. The molecule has 1 aromatic rings. The smallest absolute Gasteiger partial charge is 0.305 e. The average molecular weight is 353 g/mol. The van der Waals surface area contributed by atoms with Crippen molar-refractivity contribution < 1.29 is 19.4 Å². The van der Waals surface area contributed by atoms with E-state index in [9.17, 15) is 9.59 Å². The minimum Gasteiger partial charge on any atom is -0.481 e. The van der Waals surface area contributed by atoms with Crippen molar-refractivity contribution in [1.29, 1.82) is 0 Å². The largest absolute Gasteiger partial charge is 0.481 e. The number of thioether (sulfide) groups is 1. The van der Waals surface area contributed by atoms with Crippen LogP contribution in [-0.2, 0) is 14.3 Å². The van der Waals surface area contributed by atoms with Crippen LogP contribution in [0.2, 0.25) is 0 Å². The van der Waals surface area contributed by atoms with E-state index >= 15 is 0 Å². The summed E-state index contributed by atoms with van der Waals surface area (Å²) in [6.07, 6.45) is 2.09. The molecule has 2 N–H and O–H groups in total. The Balaban J connectivity index is 2.70. The van der Waals surface area contributed by atoms with E-state index in [2.05, 4.69) is 19.2 Å². The molecule has 0 spiro atoms. The van der Waals surface area contributed by atoms with Crippen LogP contribution >= 0.6 is 11.8 Å². The third kappa shape index (κ3) is 7.36. The quantitative estimate of drug-likeness (QED) is 0.630. The van der Waals surface area contributed by atoms with E-state index in [0.29, 0.717) is 12.5 Å². The van der Waals surface area contributed by atoms with Crippen LogP contribution in [-0.4, -0.2) is 35.9 Å². The lowest BCUT2D eigenvalue weighted by Gasteiger charge is -2.21. The van der Waals surface area contributed by atoms with Crippen molar-refractivity contribution in [3.8, 4) is 0 Å². The van der Waals surface area contributed by atoms with Gasteiger partial charge in [-0.25, -0.2) is 0 Å². The van der Waals surface area contributed by atoms with E-state index in [1.54, 1.807) is 18.7 Å². The molecular weight excluding hydrogens is 326 g/mol. The first-order chi connectivity index (χ1) is 11.3. The molecule has 0 heterocycles. The van der Waals surface area contributed by atoms with Crippen LogP contribution in [0.15, 0.2) is 29.2 Å². The Morgan fingerprint density at radius 2 is 1.83 bits per heavy atom. The molecule has 0 saturated heterocycles. The molecule has 2 atom stereocenters. The second-order valence-corrected chi connectivity index (χ2v) is 7.01. The van der Waals surface area contributed by atoms with Crippen LogP contribution in [0.5, 0.6) is 0 Å². The van der Waals surface area contributed by atoms with Gasteiger partial charge in [0.05, 0.1) is 12.5 Å². The molecule has 0 bridgehead atoms. The van der Waals surface area contributed by atoms with Crippen LogP contribution in [0.3, 0.4) is 0 Å². The van der Waals surface area contributed by atoms with E-state index in [1.165, 1.54) is 0 Å². The highest BCUT2D eigenvalue weighted by molar-refractivity contribution is 7.98. The van der Waals surface area contributed by atoms with Crippen molar-refractivity contribution in [1.82, 2.24) is 5.32 Å². The van der Waals surface area contributed by atoms with Gasteiger partial charge < -0.3 is 15.2 Å². The van der Waals surface area contributed by atoms with Gasteiger partial charge in [-0.2, -0.15) is 0 Å². The maximum atomic E-state index is 12.3. The molecule has 0 saturated carbocycles. The molecule has 0 aliphatic heterocycles. The van der Waals surface area contributed by atoms with Crippen LogP contribution < -0.4 is 5.32 Å². The second kappa shape index (κ2) is 10.4. The monoisotopic (exact) mass is 353 g/mol. The zero-order chi connectivity index (χ0) is 18.1. The molecule has 0 aromatic heterocycles. The minimum absolute atomic E-state index is 0.164. The Hall–Kier alpha value is -1.53. The molecule has 0 radical (unpaired) electrons. The molecule has 0 aliphatic carbocycles.